The summed E-state index contributed by atoms with van der Waals surface area (Å²) in [6.45, 7) is 3.95. The summed E-state index contributed by atoms with van der Waals surface area (Å²) in [6.07, 6.45) is 0. The zero-order chi connectivity index (χ0) is 19.4. The van der Waals surface area contributed by atoms with Gasteiger partial charge in [0.2, 0.25) is 11.7 Å². The molecule has 0 aliphatic heterocycles. The highest BCUT2D eigenvalue weighted by Gasteiger charge is 2.22. The third-order valence-corrected chi connectivity index (χ3v) is 4.10. The van der Waals surface area contributed by atoms with E-state index in [1.54, 1.807) is 12.0 Å². The fourth-order valence-corrected chi connectivity index (χ4v) is 2.57. The van der Waals surface area contributed by atoms with E-state index in [-0.39, 0.29) is 24.3 Å². The lowest BCUT2D eigenvalue weighted by atomic mass is 10.1. The summed E-state index contributed by atoms with van der Waals surface area (Å²) >= 11 is 0. The van der Waals surface area contributed by atoms with Crippen molar-refractivity contribution in [1.82, 2.24) is 15.0 Å². The number of methoxy groups -OCH3 is 1. The second-order valence-electron chi connectivity index (χ2n) is 6.27. The Morgan fingerprint density at radius 2 is 1.81 bits per heavy atom. The van der Waals surface area contributed by atoms with E-state index in [0.29, 0.717) is 17.3 Å². The maximum atomic E-state index is 13.1. The van der Waals surface area contributed by atoms with E-state index in [1.807, 2.05) is 38.1 Å². The van der Waals surface area contributed by atoms with Gasteiger partial charge in [0.25, 0.3) is 5.91 Å². The van der Waals surface area contributed by atoms with Crippen molar-refractivity contribution < 1.29 is 18.4 Å². The van der Waals surface area contributed by atoms with E-state index < -0.39 is 0 Å². The molecule has 0 unspecified atom stereocenters. The maximum absolute atomic E-state index is 13.1. The summed E-state index contributed by atoms with van der Waals surface area (Å²) in [5.74, 6) is 0.881. The molecule has 140 valence electrons. The largest absolute Gasteiger partial charge is 0.497 e. The second-order valence-corrected chi connectivity index (χ2v) is 6.27. The van der Waals surface area contributed by atoms with Crippen LogP contribution in [0.4, 0.5) is 4.39 Å². The molecule has 0 atom stereocenters. The van der Waals surface area contributed by atoms with Gasteiger partial charge < -0.3 is 14.2 Å². The van der Waals surface area contributed by atoms with Gasteiger partial charge in [-0.1, -0.05) is 5.16 Å². The molecule has 27 heavy (non-hydrogen) atoms. The van der Waals surface area contributed by atoms with Gasteiger partial charge in [0.05, 0.1) is 7.11 Å². The van der Waals surface area contributed by atoms with Gasteiger partial charge >= 0.3 is 0 Å². The van der Waals surface area contributed by atoms with Crippen molar-refractivity contribution in [2.75, 3.05) is 7.11 Å². The Balaban J connectivity index is 1.78. The Morgan fingerprint density at radius 3 is 2.41 bits per heavy atom. The lowest BCUT2D eigenvalue weighted by molar-refractivity contribution is 0.0667. The van der Waals surface area contributed by atoms with Crippen LogP contribution in [0, 0.1) is 5.82 Å². The minimum atomic E-state index is -0.385. The average Bonchev–Trinajstić information content (AvgIpc) is 3.15. The number of halogens is 1. The molecule has 1 aromatic heterocycles. The van der Waals surface area contributed by atoms with Crippen molar-refractivity contribution >= 4 is 5.91 Å². The number of hydrogen-bond acceptors (Lipinski definition) is 5. The summed E-state index contributed by atoms with van der Waals surface area (Å²) in [5.41, 5.74) is 1.19. The fraction of sp³-hybridized carbons (Fsp3) is 0.250. The molecule has 0 spiro atoms. The van der Waals surface area contributed by atoms with Crippen LogP contribution in [0.2, 0.25) is 0 Å². The van der Waals surface area contributed by atoms with Gasteiger partial charge in [0, 0.05) is 17.2 Å². The highest BCUT2D eigenvalue weighted by Crippen LogP contribution is 2.21. The van der Waals surface area contributed by atoms with Gasteiger partial charge in [-0.05, 0) is 62.4 Å². The second kappa shape index (κ2) is 7.99. The summed E-state index contributed by atoms with van der Waals surface area (Å²) in [5, 5.41) is 3.98. The van der Waals surface area contributed by atoms with E-state index in [4.69, 9.17) is 9.26 Å². The molecular weight excluding hydrogens is 349 g/mol. The molecule has 0 aliphatic rings. The van der Waals surface area contributed by atoms with Crippen LogP contribution in [-0.4, -0.2) is 34.1 Å². The molecule has 0 aliphatic carbocycles. The van der Waals surface area contributed by atoms with Crippen molar-refractivity contribution in [1.29, 1.82) is 0 Å². The van der Waals surface area contributed by atoms with Gasteiger partial charge in [-0.3, -0.25) is 4.79 Å². The van der Waals surface area contributed by atoms with Crippen LogP contribution in [0.3, 0.4) is 0 Å². The highest BCUT2D eigenvalue weighted by molar-refractivity contribution is 5.94. The first-order valence-corrected chi connectivity index (χ1v) is 8.51. The molecule has 0 bridgehead atoms. The summed E-state index contributed by atoms with van der Waals surface area (Å²) in [6, 6.07) is 12.6. The van der Waals surface area contributed by atoms with Crippen molar-refractivity contribution in [3.8, 4) is 17.1 Å². The highest BCUT2D eigenvalue weighted by atomic mass is 19.1. The fourth-order valence-electron chi connectivity index (χ4n) is 2.57. The molecule has 0 fully saturated rings. The number of rotatable bonds is 6. The molecule has 1 heterocycles. The number of amides is 1. The first kappa shape index (κ1) is 18.6. The number of aromatic nitrogens is 2. The van der Waals surface area contributed by atoms with Crippen LogP contribution in [-0.2, 0) is 6.54 Å². The van der Waals surface area contributed by atoms with Gasteiger partial charge in [0.1, 0.15) is 18.1 Å². The molecule has 3 aromatic rings. The average molecular weight is 369 g/mol. The Labute approximate surface area is 156 Å². The molecule has 0 saturated heterocycles. The van der Waals surface area contributed by atoms with E-state index >= 15 is 0 Å². The summed E-state index contributed by atoms with van der Waals surface area (Å²) in [4.78, 5) is 18.7. The minimum absolute atomic E-state index is 0.0983. The van der Waals surface area contributed by atoms with E-state index in [2.05, 4.69) is 10.1 Å². The van der Waals surface area contributed by atoms with Crippen LogP contribution in [0.25, 0.3) is 11.4 Å². The van der Waals surface area contributed by atoms with Crippen LogP contribution in [0.5, 0.6) is 5.75 Å². The monoisotopic (exact) mass is 369 g/mol. The Morgan fingerprint density at radius 1 is 1.15 bits per heavy atom. The van der Waals surface area contributed by atoms with Crippen molar-refractivity contribution in [3.05, 3.63) is 65.8 Å². The SMILES string of the molecule is COc1ccc(-c2noc(CN(C(=O)c3ccc(F)cc3)C(C)C)n2)cc1. The van der Waals surface area contributed by atoms with Crippen LogP contribution in [0.15, 0.2) is 53.1 Å². The maximum Gasteiger partial charge on any atom is 0.254 e. The Hall–Kier alpha value is -3.22. The van der Waals surface area contributed by atoms with Crippen molar-refractivity contribution in [2.24, 2.45) is 0 Å². The molecule has 7 heteroatoms. The number of hydrogen-bond donors (Lipinski definition) is 0. The molecule has 6 nitrogen and oxygen atoms in total. The number of nitrogens with zero attached hydrogens (tertiary/aromatic N) is 3. The zero-order valence-electron chi connectivity index (χ0n) is 15.3. The zero-order valence-corrected chi connectivity index (χ0v) is 15.3. The lowest BCUT2D eigenvalue weighted by Gasteiger charge is -2.25. The summed E-state index contributed by atoms with van der Waals surface area (Å²) in [7, 11) is 1.60. The van der Waals surface area contributed by atoms with Crippen LogP contribution in [0.1, 0.15) is 30.1 Å². The number of carbonyl (C=O) groups is 1. The van der Waals surface area contributed by atoms with E-state index in [1.165, 1.54) is 24.3 Å². The van der Waals surface area contributed by atoms with E-state index in [9.17, 15) is 9.18 Å². The quantitative estimate of drug-likeness (QED) is 0.658. The Kier molecular flexibility index (Phi) is 5.49. The molecule has 2 aromatic carbocycles. The third-order valence-electron chi connectivity index (χ3n) is 4.10. The lowest BCUT2D eigenvalue weighted by Crippen LogP contribution is -2.36. The number of benzene rings is 2. The van der Waals surface area contributed by atoms with Gasteiger partial charge in [-0.25, -0.2) is 4.39 Å². The first-order valence-electron chi connectivity index (χ1n) is 8.51. The number of ether oxygens (including phenoxy) is 1. The molecular formula is C20H20FN3O3. The third kappa shape index (κ3) is 4.31. The van der Waals surface area contributed by atoms with Gasteiger partial charge in [0.15, 0.2) is 0 Å². The predicted molar refractivity (Wildman–Crippen MR) is 97.7 cm³/mol. The Bertz CT molecular complexity index is 905. The summed E-state index contributed by atoms with van der Waals surface area (Å²) < 4.78 is 23.6. The van der Waals surface area contributed by atoms with Crippen LogP contribution >= 0.6 is 0 Å². The molecule has 0 N–H and O–H groups in total. The van der Waals surface area contributed by atoms with Crippen molar-refractivity contribution in [2.45, 2.75) is 26.4 Å². The molecule has 1 amide bonds. The number of carbonyl (C=O) groups excluding carboxylic acids is 1. The first-order chi connectivity index (χ1) is 13.0. The molecule has 0 saturated carbocycles. The standard InChI is InChI=1S/C20H20FN3O3/c1-13(2)24(20(25)15-4-8-16(21)9-5-15)12-18-22-19(23-27-18)14-6-10-17(26-3)11-7-14/h4-11,13H,12H2,1-3H3. The normalized spacial score (nSPS) is 10.9. The van der Waals surface area contributed by atoms with E-state index in [0.717, 1.165) is 11.3 Å². The van der Waals surface area contributed by atoms with Crippen LogP contribution < -0.4 is 4.74 Å². The molecule has 3 rings (SSSR count). The van der Waals surface area contributed by atoms with Gasteiger partial charge in [-0.15, -0.1) is 0 Å². The minimum Gasteiger partial charge on any atom is -0.497 e. The predicted octanol–water partition coefficient (Wildman–Crippen LogP) is 3.94. The topological polar surface area (TPSA) is 68.5 Å². The molecule has 0 radical (unpaired) electrons. The van der Waals surface area contributed by atoms with Gasteiger partial charge in [-0.2, -0.15) is 4.98 Å². The smallest absolute Gasteiger partial charge is 0.254 e. The van der Waals surface area contributed by atoms with Crippen molar-refractivity contribution in [3.63, 3.8) is 0 Å².